The topological polar surface area (TPSA) is 141 Å². The van der Waals surface area contributed by atoms with E-state index in [1.54, 1.807) is 36.4 Å². The number of hydrogen-bond acceptors (Lipinski definition) is 8. The van der Waals surface area contributed by atoms with Gasteiger partial charge in [-0.05, 0) is 42.0 Å². The molecule has 2 heterocycles. The molecule has 1 amide bonds. The lowest BCUT2D eigenvalue weighted by atomic mass is 10.0. The molecule has 10 nitrogen and oxygen atoms in total. The van der Waals surface area contributed by atoms with Crippen LogP contribution in [0.15, 0.2) is 70.4 Å². The molecule has 2 aromatic carbocycles. The third-order valence-corrected chi connectivity index (χ3v) is 5.26. The van der Waals surface area contributed by atoms with Crippen LogP contribution in [0.1, 0.15) is 34.1 Å². The number of esters is 1. The molecular weight excluding hydrogens is 452 g/mol. The zero-order valence-electron chi connectivity index (χ0n) is 17.0. The largest absolute Gasteiger partial charge is 0.467 e. The van der Waals surface area contributed by atoms with Gasteiger partial charge in [-0.2, -0.15) is 5.10 Å². The number of ether oxygens (including phenoxy) is 1. The smallest absolute Gasteiger partial charge is 0.338 e. The first-order valence-corrected chi connectivity index (χ1v) is 10.1. The minimum atomic E-state index is -0.901. The molecule has 11 heteroatoms. The Bertz CT molecular complexity index is 1240. The predicted molar refractivity (Wildman–Crippen MR) is 119 cm³/mol. The number of hydrazone groups is 1. The Morgan fingerprint density at radius 1 is 1.24 bits per heavy atom. The summed E-state index contributed by atoms with van der Waals surface area (Å²) in [7, 11) is 0. The van der Waals surface area contributed by atoms with Gasteiger partial charge in [0.05, 0.1) is 22.5 Å². The van der Waals surface area contributed by atoms with Crippen molar-refractivity contribution in [1.82, 2.24) is 5.01 Å². The molecule has 0 aliphatic carbocycles. The first-order chi connectivity index (χ1) is 15.8. The second-order valence-electron chi connectivity index (χ2n) is 7.13. The van der Waals surface area contributed by atoms with Gasteiger partial charge in [0.2, 0.25) is 0 Å². The van der Waals surface area contributed by atoms with E-state index in [-0.39, 0.29) is 11.3 Å². The maximum atomic E-state index is 12.9. The summed E-state index contributed by atoms with van der Waals surface area (Å²) in [4.78, 5) is 35.6. The molecule has 1 aromatic heterocycles. The lowest BCUT2D eigenvalue weighted by molar-refractivity contribution is -0.383. The van der Waals surface area contributed by atoms with Gasteiger partial charge in [-0.15, -0.1) is 0 Å². The van der Waals surface area contributed by atoms with Crippen molar-refractivity contribution in [2.24, 2.45) is 5.10 Å². The maximum Gasteiger partial charge on any atom is 0.338 e. The molecule has 1 aliphatic heterocycles. The fraction of sp³-hybridized carbons (Fsp3) is 0.136. The van der Waals surface area contributed by atoms with Crippen LogP contribution in [0.2, 0.25) is 5.02 Å². The van der Waals surface area contributed by atoms with Crippen LogP contribution < -0.4 is 5.73 Å². The zero-order chi connectivity index (χ0) is 23.5. The van der Waals surface area contributed by atoms with E-state index in [0.717, 1.165) is 11.6 Å². The third kappa shape index (κ3) is 4.70. The van der Waals surface area contributed by atoms with Gasteiger partial charge in [0.25, 0.3) is 11.6 Å². The van der Waals surface area contributed by atoms with Crippen molar-refractivity contribution in [1.29, 1.82) is 0 Å². The highest BCUT2D eigenvalue weighted by atomic mass is 35.5. The summed E-state index contributed by atoms with van der Waals surface area (Å²) in [6.45, 7) is -0.619. The summed E-state index contributed by atoms with van der Waals surface area (Å²) in [5, 5.41) is 17.2. The van der Waals surface area contributed by atoms with Crippen LogP contribution in [0, 0.1) is 10.1 Å². The van der Waals surface area contributed by atoms with Crippen LogP contribution in [0.5, 0.6) is 0 Å². The van der Waals surface area contributed by atoms with Gasteiger partial charge in [-0.25, -0.2) is 9.80 Å². The van der Waals surface area contributed by atoms with Gasteiger partial charge in [-0.1, -0.05) is 23.7 Å². The SMILES string of the molecule is Nc1ccc(C(=O)OCC(=O)N2N=C(c3ccc(Cl)cc3)C[C@H]2c2ccco2)cc1[N+](=O)[O-]. The zero-order valence-corrected chi connectivity index (χ0v) is 17.8. The lowest BCUT2D eigenvalue weighted by Crippen LogP contribution is -2.31. The molecule has 1 atom stereocenters. The van der Waals surface area contributed by atoms with Gasteiger partial charge >= 0.3 is 5.97 Å². The van der Waals surface area contributed by atoms with E-state index in [4.69, 9.17) is 26.5 Å². The standard InChI is InChI=1S/C22H17ClN4O6/c23-15-6-3-13(4-7-15)17-11-19(20-2-1-9-32-20)26(25-17)21(28)12-33-22(29)14-5-8-16(24)18(10-14)27(30)31/h1-10,19H,11-12,24H2/t19-/m0/s1. The van der Waals surface area contributed by atoms with Crippen molar-refractivity contribution in [3.63, 3.8) is 0 Å². The number of nitrogens with zero attached hydrogens (tertiary/aromatic N) is 3. The number of rotatable bonds is 6. The average Bonchev–Trinajstić information content (AvgIpc) is 3.48. The Labute approximate surface area is 192 Å². The van der Waals surface area contributed by atoms with Crippen LogP contribution in [0.4, 0.5) is 11.4 Å². The predicted octanol–water partition coefficient (Wildman–Crippen LogP) is 3.96. The van der Waals surface area contributed by atoms with Crippen molar-refractivity contribution in [3.05, 3.63) is 92.9 Å². The molecular formula is C22H17ClN4O6. The van der Waals surface area contributed by atoms with Crippen molar-refractivity contribution in [2.75, 3.05) is 12.3 Å². The number of anilines is 1. The number of benzene rings is 2. The molecule has 0 fully saturated rings. The molecule has 3 aromatic rings. The molecule has 33 heavy (non-hydrogen) atoms. The first kappa shape index (κ1) is 22.0. The Morgan fingerprint density at radius 2 is 2.00 bits per heavy atom. The van der Waals surface area contributed by atoms with Gasteiger partial charge in [0.1, 0.15) is 17.5 Å². The van der Waals surface area contributed by atoms with Gasteiger partial charge < -0.3 is 14.9 Å². The van der Waals surface area contributed by atoms with Crippen molar-refractivity contribution < 1.29 is 23.7 Å². The Morgan fingerprint density at radius 3 is 2.67 bits per heavy atom. The summed E-state index contributed by atoms with van der Waals surface area (Å²) < 4.78 is 10.6. The molecule has 0 saturated heterocycles. The monoisotopic (exact) mass is 468 g/mol. The van der Waals surface area contributed by atoms with Crippen LogP contribution in [-0.2, 0) is 9.53 Å². The number of carbonyl (C=O) groups is 2. The summed E-state index contributed by atoms with van der Waals surface area (Å²) in [6.07, 6.45) is 1.88. The molecule has 168 valence electrons. The van der Waals surface area contributed by atoms with Gasteiger partial charge in [-0.3, -0.25) is 14.9 Å². The second-order valence-corrected chi connectivity index (χ2v) is 7.57. The summed E-state index contributed by atoms with van der Waals surface area (Å²) in [6, 6.07) is 13.5. The Kier molecular flexibility index (Phi) is 6.09. The number of amides is 1. The average molecular weight is 469 g/mol. The first-order valence-electron chi connectivity index (χ1n) is 9.73. The third-order valence-electron chi connectivity index (χ3n) is 5.00. The van der Waals surface area contributed by atoms with Crippen LogP contribution >= 0.6 is 11.6 Å². The van der Waals surface area contributed by atoms with Crippen molar-refractivity contribution in [2.45, 2.75) is 12.5 Å². The number of nitro benzene ring substituents is 1. The quantitative estimate of drug-likeness (QED) is 0.250. The van der Waals surface area contributed by atoms with E-state index >= 15 is 0 Å². The highest BCUT2D eigenvalue weighted by Gasteiger charge is 2.35. The van der Waals surface area contributed by atoms with E-state index in [1.807, 2.05) is 0 Å². The number of carbonyl (C=O) groups excluding carboxylic acids is 2. The maximum absolute atomic E-state index is 12.9. The molecule has 0 spiro atoms. The minimum absolute atomic E-state index is 0.0879. The molecule has 1 aliphatic rings. The van der Waals surface area contributed by atoms with Crippen LogP contribution in [-0.4, -0.2) is 34.1 Å². The van der Waals surface area contributed by atoms with E-state index in [9.17, 15) is 19.7 Å². The number of nitrogen functional groups attached to an aromatic ring is 1. The van der Waals surface area contributed by atoms with E-state index < -0.39 is 35.1 Å². The van der Waals surface area contributed by atoms with Crippen molar-refractivity contribution in [3.8, 4) is 0 Å². The Balaban J connectivity index is 1.51. The minimum Gasteiger partial charge on any atom is -0.467 e. The molecule has 0 unspecified atom stereocenters. The highest BCUT2D eigenvalue weighted by molar-refractivity contribution is 6.30. The second kappa shape index (κ2) is 9.13. The molecule has 0 bridgehead atoms. The highest BCUT2D eigenvalue weighted by Crippen LogP contribution is 2.33. The molecule has 2 N–H and O–H groups in total. The van der Waals surface area contributed by atoms with E-state index in [0.29, 0.717) is 22.9 Å². The number of halogens is 1. The number of furan rings is 1. The normalized spacial score (nSPS) is 15.2. The summed E-state index contributed by atoms with van der Waals surface area (Å²) in [5.74, 6) is -0.961. The van der Waals surface area contributed by atoms with Crippen LogP contribution in [0.3, 0.4) is 0 Å². The lowest BCUT2D eigenvalue weighted by Gasteiger charge is -2.19. The van der Waals surface area contributed by atoms with Crippen molar-refractivity contribution >= 4 is 40.6 Å². The molecule has 0 radical (unpaired) electrons. The number of nitro groups is 1. The number of hydrogen-bond donors (Lipinski definition) is 1. The van der Waals surface area contributed by atoms with E-state index in [2.05, 4.69) is 5.10 Å². The fourth-order valence-corrected chi connectivity index (χ4v) is 3.49. The number of nitrogens with two attached hydrogens (primary N) is 1. The summed E-state index contributed by atoms with van der Waals surface area (Å²) >= 11 is 5.95. The molecule has 0 saturated carbocycles. The van der Waals surface area contributed by atoms with Gasteiger partial charge in [0.15, 0.2) is 6.61 Å². The van der Waals surface area contributed by atoms with Crippen LogP contribution in [0.25, 0.3) is 0 Å². The molecule has 4 rings (SSSR count). The van der Waals surface area contributed by atoms with Gasteiger partial charge in [0, 0.05) is 17.5 Å². The fourth-order valence-electron chi connectivity index (χ4n) is 3.37. The Hall–Kier alpha value is -4.18. The summed E-state index contributed by atoms with van der Waals surface area (Å²) in [5.41, 5.74) is 6.36. The van der Waals surface area contributed by atoms with E-state index in [1.165, 1.54) is 23.4 Å².